The second-order valence-electron chi connectivity index (χ2n) is 4.19. The molecule has 20 heavy (non-hydrogen) atoms. The maximum Gasteiger partial charge on any atom is 0.250 e. The van der Waals surface area contributed by atoms with Crippen molar-refractivity contribution in [1.29, 1.82) is 0 Å². The van der Waals surface area contributed by atoms with E-state index in [1.807, 2.05) is 6.92 Å². The van der Waals surface area contributed by atoms with Gasteiger partial charge in [0, 0.05) is 23.1 Å². The number of nitrogen functional groups attached to an aromatic ring is 1. The molecule has 0 aliphatic carbocycles. The Hall–Kier alpha value is -2.15. The summed E-state index contributed by atoms with van der Waals surface area (Å²) in [6.07, 6.45) is 0.617. The number of aromatic nitrogens is 1. The topological polar surface area (TPSA) is 91.2 Å². The zero-order valence-corrected chi connectivity index (χ0v) is 11.7. The lowest BCUT2D eigenvalue weighted by molar-refractivity contribution is 0.100. The van der Waals surface area contributed by atoms with Crippen LogP contribution in [-0.4, -0.2) is 17.5 Å². The van der Waals surface area contributed by atoms with Gasteiger partial charge in [0.15, 0.2) is 11.6 Å². The fourth-order valence-corrected chi connectivity index (χ4v) is 2.48. The minimum absolute atomic E-state index is 0.000603. The second-order valence-corrected chi connectivity index (χ2v) is 5.13. The summed E-state index contributed by atoms with van der Waals surface area (Å²) in [4.78, 5) is 16.3. The third kappa shape index (κ3) is 3.05. The van der Waals surface area contributed by atoms with Crippen molar-refractivity contribution in [3.05, 3.63) is 39.6 Å². The van der Waals surface area contributed by atoms with Gasteiger partial charge in [-0.3, -0.25) is 4.79 Å². The van der Waals surface area contributed by atoms with Crippen molar-refractivity contribution < 1.29 is 13.9 Å². The monoisotopic (exact) mass is 295 g/mol. The predicted octanol–water partition coefficient (Wildman–Crippen LogP) is 1.89. The summed E-state index contributed by atoms with van der Waals surface area (Å²) in [5.74, 6) is -1.37. The number of rotatable bonds is 5. The van der Waals surface area contributed by atoms with Gasteiger partial charge in [-0.05, 0) is 13.0 Å². The summed E-state index contributed by atoms with van der Waals surface area (Å²) >= 11 is 1.52. The number of amides is 1. The van der Waals surface area contributed by atoms with Crippen LogP contribution in [0.5, 0.6) is 5.75 Å². The maximum atomic E-state index is 13.7. The zero-order valence-electron chi connectivity index (χ0n) is 10.9. The standard InChI is InChI=1S/C13H14FN3O2S/c1-7-12(20-6-17-7)2-3-19-11-4-8(13(16)18)10(15)5-9(11)14/h4-6H,2-3,15H2,1H3,(H2,16,18). The third-order valence-corrected chi connectivity index (χ3v) is 3.80. The molecule has 0 saturated carbocycles. The minimum atomic E-state index is -0.717. The highest BCUT2D eigenvalue weighted by Gasteiger charge is 2.13. The van der Waals surface area contributed by atoms with Crippen molar-refractivity contribution in [2.45, 2.75) is 13.3 Å². The van der Waals surface area contributed by atoms with Gasteiger partial charge in [0.2, 0.25) is 0 Å². The van der Waals surface area contributed by atoms with Crippen molar-refractivity contribution in [3.63, 3.8) is 0 Å². The molecule has 0 unspecified atom stereocenters. The molecule has 1 aromatic carbocycles. The Bertz CT molecular complexity index is 643. The zero-order chi connectivity index (χ0) is 14.7. The summed E-state index contributed by atoms with van der Waals surface area (Å²) in [6, 6.07) is 2.26. The van der Waals surface area contributed by atoms with Crippen LogP contribution < -0.4 is 16.2 Å². The smallest absolute Gasteiger partial charge is 0.250 e. The lowest BCUT2D eigenvalue weighted by atomic mass is 10.1. The van der Waals surface area contributed by atoms with Crippen molar-refractivity contribution in [3.8, 4) is 5.75 Å². The van der Waals surface area contributed by atoms with Gasteiger partial charge in [0.1, 0.15) is 0 Å². The van der Waals surface area contributed by atoms with E-state index in [2.05, 4.69) is 4.98 Å². The number of aryl methyl sites for hydroxylation is 1. The molecular formula is C13H14FN3O2S. The second kappa shape index (κ2) is 5.87. The first-order valence-corrected chi connectivity index (χ1v) is 6.77. The molecule has 4 N–H and O–H groups in total. The van der Waals surface area contributed by atoms with E-state index in [0.717, 1.165) is 16.6 Å². The molecule has 0 spiro atoms. The summed E-state index contributed by atoms with van der Waals surface area (Å²) in [5, 5.41) is 0. The molecule has 0 atom stereocenters. The first-order chi connectivity index (χ1) is 9.49. The van der Waals surface area contributed by atoms with E-state index in [9.17, 15) is 9.18 Å². The Morgan fingerprint density at radius 1 is 1.50 bits per heavy atom. The molecule has 5 nitrogen and oxygen atoms in total. The molecule has 0 bridgehead atoms. The number of benzene rings is 1. The molecule has 1 amide bonds. The van der Waals surface area contributed by atoms with Crippen molar-refractivity contribution in [2.75, 3.05) is 12.3 Å². The van der Waals surface area contributed by atoms with Gasteiger partial charge in [0.05, 0.1) is 23.4 Å². The van der Waals surface area contributed by atoms with Crippen LogP contribution in [0.2, 0.25) is 0 Å². The van der Waals surface area contributed by atoms with E-state index in [1.165, 1.54) is 17.4 Å². The van der Waals surface area contributed by atoms with E-state index >= 15 is 0 Å². The van der Waals surface area contributed by atoms with E-state index < -0.39 is 11.7 Å². The molecule has 7 heteroatoms. The lowest BCUT2D eigenvalue weighted by Crippen LogP contribution is -2.14. The first kappa shape index (κ1) is 14.3. The molecule has 0 saturated heterocycles. The number of ether oxygens (including phenoxy) is 1. The van der Waals surface area contributed by atoms with E-state index in [4.69, 9.17) is 16.2 Å². The van der Waals surface area contributed by atoms with Gasteiger partial charge < -0.3 is 16.2 Å². The summed E-state index contributed by atoms with van der Waals surface area (Å²) in [7, 11) is 0. The predicted molar refractivity (Wildman–Crippen MR) is 75.4 cm³/mol. The largest absolute Gasteiger partial charge is 0.490 e. The molecule has 1 heterocycles. The SMILES string of the molecule is Cc1ncsc1CCOc1cc(C(N)=O)c(N)cc1F. The van der Waals surface area contributed by atoms with Crippen molar-refractivity contribution in [1.82, 2.24) is 4.98 Å². The Balaban J connectivity index is 2.08. The van der Waals surface area contributed by atoms with Crippen LogP contribution in [0.1, 0.15) is 20.9 Å². The molecule has 106 valence electrons. The number of nitrogens with zero attached hydrogens (tertiary/aromatic N) is 1. The summed E-state index contributed by atoms with van der Waals surface area (Å²) in [6.45, 7) is 2.18. The van der Waals surface area contributed by atoms with Crippen LogP contribution in [-0.2, 0) is 6.42 Å². The molecule has 2 rings (SSSR count). The van der Waals surface area contributed by atoms with E-state index in [1.54, 1.807) is 5.51 Å². The minimum Gasteiger partial charge on any atom is -0.490 e. The van der Waals surface area contributed by atoms with Gasteiger partial charge in [-0.2, -0.15) is 0 Å². The lowest BCUT2D eigenvalue weighted by Gasteiger charge is -2.09. The normalized spacial score (nSPS) is 10.5. The maximum absolute atomic E-state index is 13.7. The number of hydrogen-bond donors (Lipinski definition) is 2. The number of carbonyl (C=O) groups is 1. The number of halogens is 1. The molecule has 0 aliphatic heterocycles. The van der Waals surface area contributed by atoms with Gasteiger partial charge >= 0.3 is 0 Å². The first-order valence-electron chi connectivity index (χ1n) is 5.89. The number of hydrogen-bond acceptors (Lipinski definition) is 5. The van der Waals surface area contributed by atoms with Gasteiger partial charge in [-0.25, -0.2) is 9.37 Å². The fraction of sp³-hybridized carbons (Fsp3) is 0.231. The van der Waals surface area contributed by atoms with Crippen LogP contribution in [0, 0.1) is 12.7 Å². The van der Waals surface area contributed by atoms with Crippen LogP contribution >= 0.6 is 11.3 Å². The highest BCUT2D eigenvalue weighted by molar-refractivity contribution is 7.09. The Kier molecular flexibility index (Phi) is 4.19. The molecule has 0 aliphatic rings. The van der Waals surface area contributed by atoms with Crippen molar-refractivity contribution in [2.24, 2.45) is 5.73 Å². The summed E-state index contributed by atoms with van der Waals surface area (Å²) in [5.41, 5.74) is 13.4. The Labute approximate surface area is 119 Å². The molecular weight excluding hydrogens is 281 g/mol. The van der Waals surface area contributed by atoms with Gasteiger partial charge in [-0.15, -0.1) is 11.3 Å². The van der Waals surface area contributed by atoms with Gasteiger partial charge in [-0.1, -0.05) is 0 Å². The number of nitrogens with two attached hydrogens (primary N) is 2. The van der Waals surface area contributed by atoms with Crippen molar-refractivity contribution >= 4 is 22.9 Å². The Morgan fingerprint density at radius 2 is 2.25 bits per heavy atom. The highest BCUT2D eigenvalue weighted by Crippen LogP contribution is 2.24. The Morgan fingerprint density at radius 3 is 2.85 bits per heavy atom. The average molecular weight is 295 g/mol. The number of carbonyl (C=O) groups excluding carboxylic acids is 1. The number of thiazole rings is 1. The molecule has 0 fully saturated rings. The fourth-order valence-electron chi connectivity index (χ4n) is 1.71. The van der Waals surface area contributed by atoms with Crippen LogP contribution in [0.25, 0.3) is 0 Å². The van der Waals surface area contributed by atoms with Crippen LogP contribution in [0.3, 0.4) is 0 Å². The van der Waals surface area contributed by atoms with E-state index in [0.29, 0.717) is 6.42 Å². The summed E-state index contributed by atoms with van der Waals surface area (Å²) < 4.78 is 19.0. The highest BCUT2D eigenvalue weighted by atomic mass is 32.1. The third-order valence-electron chi connectivity index (χ3n) is 2.80. The molecule has 0 radical (unpaired) electrons. The van der Waals surface area contributed by atoms with E-state index in [-0.39, 0.29) is 23.6 Å². The quantitative estimate of drug-likeness (QED) is 0.824. The number of anilines is 1. The number of primary amides is 1. The molecule has 2 aromatic rings. The average Bonchev–Trinajstić information content (AvgIpc) is 2.77. The van der Waals surface area contributed by atoms with Gasteiger partial charge in [0.25, 0.3) is 5.91 Å². The van der Waals surface area contributed by atoms with Crippen LogP contribution in [0.4, 0.5) is 10.1 Å². The van der Waals surface area contributed by atoms with Crippen LogP contribution in [0.15, 0.2) is 17.6 Å². The molecule has 1 aromatic heterocycles.